The van der Waals surface area contributed by atoms with Crippen LogP contribution < -0.4 is 4.80 Å². The molecular formula is C13H21N3O3S. The minimum Gasteiger partial charge on any atom is -0.465 e. The average Bonchev–Trinajstić information content (AvgIpc) is 2.75. The highest BCUT2D eigenvalue weighted by atomic mass is 32.1. The second-order valence-electron chi connectivity index (χ2n) is 5.14. The van der Waals surface area contributed by atoms with E-state index in [1.54, 1.807) is 25.3 Å². The summed E-state index contributed by atoms with van der Waals surface area (Å²) in [5, 5.41) is 19.0. The standard InChI is InChI=1S/C13H21N3O3S/c1-8(17)10-11(20-12(14-2)15(10)3)9-4-6-16(7-5-9)13(18)19/h8-9,17H,4-7H2,1-3H3,(H,18,19)/b14-12-. The molecule has 1 aromatic heterocycles. The van der Waals surface area contributed by atoms with Gasteiger partial charge in [-0.05, 0) is 25.7 Å². The molecular weight excluding hydrogens is 278 g/mol. The lowest BCUT2D eigenvalue weighted by Crippen LogP contribution is -2.36. The van der Waals surface area contributed by atoms with E-state index < -0.39 is 12.2 Å². The monoisotopic (exact) mass is 299 g/mol. The number of nitrogens with zero attached hydrogens (tertiary/aromatic N) is 3. The summed E-state index contributed by atoms with van der Waals surface area (Å²) in [7, 11) is 3.66. The molecule has 1 aliphatic heterocycles. The Morgan fingerprint density at radius 2 is 2.05 bits per heavy atom. The minimum atomic E-state index is -0.847. The van der Waals surface area contributed by atoms with Crippen molar-refractivity contribution in [2.24, 2.45) is 12.0 Å². The summed E-state index contributed by atoms with van der Waals surface area (Å²) < 4.78 is 1.94. The number of aliphatic hydroxyl groups excluding tert-OH is 1. The lowest BCUT2D eigenvalue weighted by Gasteiger charge is -2.30. The molecule has 112 valence electrons. The van der Waals surface area contributed by atoms with Crippen molar-refractivity contribution in [3.05, 3.63) is 15.4 Å². The van der Waals surface area contributed by atoms with Crippen LogP contribution in [0.3, 0.4) is 0 Å². The van der Waals surface area contributed by atoms with Gasteiger partial charge in [0.1, 0.15) is 0 Å². The van der Waals surface area contributed by atoms with Crippen molar-refractivity contribution in [2.75, 3.05) is 20.1 Å². The summed E-state index contributed by atoms with van der Waals surface area (Å²) in [6, 6.07) is 0. The summed E-state index contributed by atoms with van der Waals surface area (Å²) in [6.45, 7) is 2.87. The normalized spacial score (nSPS) is 19.4. The van der Waals surface area contributed by atoms with E-state index in [9.17, 15) is 9.90 Å². The number of hydrogen-bond donors (Lipinski definition) is 2. The number of hydrogen-bond acceptors (Lipinski definition) is 4. The Labute approximate surface area is 122 Å². The highest BCUT2D eigenvalue weighted by Crippen LogP contribution is 2.34. The zero-order valence-electron chi connectivity index (χ0n) is 12.0. The van der Waals surface area contributed by atoms with Gasteiger partial charge in [-0.15, -0.1) is 11.3 Å². The van der Waals surface area contributed by atoms with Gasteiger partial charge in [0.15, 0.2) is 4.80 Å². The number of rotatable bonds is 2. The van der Waals surface area contributed by atoms with E-state index in [0.29, 0.717) is 19.0 Å². The summed E-state index contributed by atoms with van der Waals surface area (Å²) in [5.41, 5.74) is 0.907. The number of amides is 1. The van der Waals surface area contributed by atoms with Crippen molar-refractivity contribution in [3.8, 4) is 0 Å². The van der Waals surface area contributed by atoms with E-state index in [-0.39, 0.29) is 0 Å². The van der Waals surface area contributed by atoms with Crippen LogP contribution in [0.1, 0.15) is 42.4 Å². The Hall–Kier alpha value is -1.34. The van der Waals surface area contributed by atoms with E-state index in [1.165, 1.54) is 4.90 Å². The molecule has 0 saturated carbocycles. The summed E-state index contributed by atoms with van der Waals surface area (Å²) >= 11 is 1.60. The Bertz CT molecular complexity index is 554. The zero-order valence-corrected chi connectivity index (χ0v) is 12.9. The Kier molecular flexibility index (Phi) is 4.49. The molecule has 2 heterocycles. The molecule has 2 rings (SSSR count). The fourth-order valence-corrected chi connectivity index (χ4v) is 4.13. The van der Waals surface area contributed by atoms with Crippen molar-refractivity contribution in [1.29, 1.82) is 0 Å². The van der Waals surface area contributed by atoms with Crippen LogP contribution in [0.25, 0.3) is 0 Å². The van der Waals surface area contributed by atoms with E-state index in [1.807, 2.05) is 11.6 Å². The quantitative estimate of drug-likeness (QED) is 0.869. The molecule has 1 amide bonds. The maximum absolute atomic E-state index is 10.9. The van der Waals surface area contributed by atoms with Gasteiger partial charge < -0.3 is 19.7 Å². The molecule has 0 spiro atoms. The van der Waals surface area contributed by atoms with E-state index in [4.69, 9.17) is 5.11 Å². The summed E-state index contributed by atoms with van der Waals surface area (Å²) in [4.78, 5) is 18.7. The third-order valence-corrected chi connectivity index (χ3v) is 5.23. The van der Waals surface area contributed by atoms with Crippen LogP contribution in [0.4, 0.5) is 4.79 Å². The fraction of sp³-hybridized carbons (Fsp3) is 0.692. The average molecular weight is 299 g/mol. The van der Waals surface area contributed by atoms with Gasteiger partial charge in [-0.3, -0.25) is 4.99 Å². The molecule has 1 aromatic rings. The van der Waals surface area contributed by atoms with Crippen LogP contribution in [0, 0.1) is 0 Å². The van der Waals surface area contributed by atoms with Gasteiger partial charge in [0.2, 0.25) is 0 Å². The van der Waals surface area contributed by atoms with Gasteiger partial charge in [-0.1, -0.05) is 0 Å². The van der Waals surface area contributed by atoms with Crippen LogP contribution in [0.2, 0.25) is 0 Å². The molecule has 0 bridgehead atoms. The summed E-state index contributed by atoms with van der Waals surface area (Å²) in [6.07, 6.45) is 0.213. The van der Waals surface area contributed by atoms with E-state index >= 15 is 0 Å². The maximum atomic E-state index is 10.9. The van der Waals surface area contributed by atoms with Crippen LogP contribution in [-0.2, 0) is 7.05 Å². The van der Waals surface area contributed by atoms with E-state index in [2.05, 4.69) is 4.99 Å². The van der Waals surface area contributed by atoms with Crippen molar-refractivity contribution in [2.45, 2.75) is 31.8 Å². The zero-order chi connectivity index (χ0) is 14.9. The van der Waals surface area contributed by atoms with Gasteiger partial charge in [-0.2, -0.15) is 0 Å². The number of carbonyl (C=O) groups is 1. The number of aromatic nitrogens is 1. The number of carboxylic acid groups (broad SMARTS) is 1. The third kappa shape index (κ3) is 2.73. The Morgan fingerprint density at radius 1 is 1.45 bits per heavy atom. The van der Waals surface area contributed by atoms with Crippen molar-refractivity contribution in [1.82, 2.24) is 9.47 Å². The first-order valence-electron chi connectivity index (χ1n) is 6.74. The van der Waals surface area contributed by atoms with Crippen molar-refractivity contribution >= 4 is 17.4 Å². The molecule has 1 atom stereocenters. The molecule has 7 heteroatoms. The highest BCUT2D eigenvalue weighted by molar-refractivity contribution is 7.09. The van der Waals surface area contributed by atoms with Gasteiger partial charge >= 0.3 is 6.09 Å². The molecule has 0 aromatic carbocycles. The van der Waals surface area contributed by atoms with Crippen LogP contribution in [-0.4, -0.2) is 45.9 Å². The van der Waals surface area contributed by atoms with Crippen molar-refractivity contribution < 1.29 is 15.0 Å². The predicted molar refractivity (Wildman–Crippen MR) is 77.0 cm³/mol. The highest BCUT2D eigenvalue weighted by Gasteiger charge is 2.28. The Balaban J connectivity index is 2.28. The first-order valence-corrected chi connectivity index (χ1v) is 7.55. The second-order valence-corrected chi connectivity index (χ2v) is 6.15. The first-order chi connectivity index (χ1) is 9.45. The maximum Gasteiger partial charge on any atom is 0.407 e. The molecule has 1 unspecified atom stereocenters. The SMILES string of the molecule is C/N=c1\sc(C2CCN(C(=O)O)CC2)c(C(C)O)n1C. The lowest BCUT2D eigenvalue weighted by molar-refractivity contribution is 0.131. The molecule has 1 saturated heterocycles. The van der Waals surface area contributed by atoms with Gasteiger partial charge in [0.25, 0.3) is 0 Å². The number of likely N-dealkylation sites (tertiary alicyclic amines) is 1. The fourth-order valence-electron chi connectivity index (χ4n) is 2.79. The van der Waals surface area contributed by atoms with Crippen LogP contribution >= 0.6 is 11.3 Å². The van der Waals surface area contributed by atoms with Crippen molar-refractivity contribution in [3.63, 3.8) is 0 Å². The van der Waals surface area contributed by atoms with Gasteiger partial charge in [-0.25, -0.2) is 4.79 Å². The minimum absolute atomic E-state index is 0.307. The second kappa shape index (κ2) is 5.97. The first kappa shape index (κ1) is 15.1. The van der Waals surface area contributed by atoms with Gasteiger partial charge in [0.05, 0.1) is 11.8 Å². The predicted octanol–water partition coefficient (Wildman–Crippen LogP) is 1.53. The summed E-state index contributed by atoms with van der Waals surface area (Å²) in [5.74, 6) is 0.307. The number of thiazole rings is 1. The van der Waals surface area contributed by atoms with Crippen LogP contribution in [0.15, 0.2) is 4.99 Å². The number of aliphatic hydroxyl groups is 1. The molecule has 20 heavy (non-hydrogen) atoms. The Morgan fingerprint density at radius 3 is 2.50 bits per heavy atom. The molecule has 2 N–H and O–H groups in total. The molecule has 1 aliphatic rings. The number of piperidine rings is 1. The topological polar surface area (TPSA) is 78.1 Å². The third-order valence-electron chi connectivity index (χ3n) is 3.83. The van der Waals surface area contributed by atoms with E-state index in [0.717, 1.165) is 28.2 Å². The molecule has 6 nitrogen and oxygen atoms in total. The lowest BCUT2D eigenvalue weighted by atomic mass is 9.93. The van der Waals surface area contributed by atoms with Crippen LogP contribution in [0.5, 0.6) is 0 Å². The molecule has 1 fully saturated rings. The van der Waals surface area contributed by atoms with Gasteiger partial charge in [0, 0.05) is 32.1 Å². The molecule has 0 aliphatic carbocycles. The molecule has 0 radical (unpaired) electrons. The largest absolute Gasteiger partial charge is 0.465 e. The smallest absolute Gasteiger partial charge is 0.407 e.